The third-order valence-corrected chi connectivity index (χ3v) is 4.80. The van der Waals surface area contributed by atoms with Crippen LogP contribution in [-0.2, 0) is 16.0 Å². The van der Waals surface area contributed by atoms with Gasteiger partial charge in [-0.25, -0.2) is 0 Å². The molecule has 0 aliphatic carbocycles. The van der Waals surface area contributed by atoms with E-state index in [1.807, 2.05) is 29.2 Å². The van der Waals surface area contributed by atoms with E-state index in [1.165, 1.54) is 18.2 Å². The Morgan fingerprint density at radius 1 is 1.08 bits per heavy atom. The van der Waals surface area contributed by atoms with Gasteiger partial charge in [-0.05, 0) is 43.4 Å². The van der Waals surface area contributed by atoms with Crippen molar-refractivity contribution in [2.45, 2.75) is 25.7 Å². The fourth-order valence-electron chi connectivity index (χ4n) is 2.55. The molecule has 3 N–H and O–H groups in total. The molecule has 0 atom stereocenters. The zero-order valence-electron chi connectivity index (χ0n) is 13.8. The number of halogens is 1. The molecule has 134 valence electrons. The smallest absolute Gasteiger partial charge is 0.232 e. The number of nitrogen functional groups attached to an aromatic ring is 1. The fraction of sp³-hybridized carbons (Fsp3) is 0.529. The van der Waals surface area contributed by atoms with Crippen LogP contribution < -0.4 is 11.1 Å². The van der Waals surface area contributed by atoms with Crippen molar-refractivity contribution in [3.8, 4) is 0 Å². The molecular weight excluding hydrogens is 346 g/mol. The Labute approximate surface area is 154 Å². The van der Waals surface area contributed by atoms with Crippen molar-refractivity contribution in [3.63, 3.8) is 0 Å². The van der Waals surface area contributed by atoms with Gasteiger partial charge in [0.15, 0.2) is 0 Å². The van der Waals surface area contributed by atoms with Gasteiger partial charge in [0.25, 0.3) is 0 Å². The summed E-state index contributed by atoms with van der Waals surface area (Å²) in [5.41, 5.74) is 7.52. The average molecular weight is 372 g/mol. The molecule has 2 amide bonds. The number of nitrogens with zero attached hydrogens (tertiary/aromatic N) is 1. The summed E-state index contributed by atoms with van der Waals surface area (Å²) >= 11 is 1.39. The fourth-order valence-corrected chi connectivity index (χ4v) is 3.29. The summed E-state index contributed by atoms with van der Waals surface area (Å²) in [6, 6.07) is 7.65. The Bertz CT molecular complexity index is 519. The molecule has 2 rings (SSSR count). The van der Waals surface area contributed by atoms with Gasteiger partial charge in [0.2, 0.25) is 11.8 Å². The SMILES string of the molecule is Cl.Nc1ccc(CCNC(=O)CSCC(=O)N2CCCCC2)cc1. The van der Waals surface area contributed by atoms with Crippen LogP contribution >= 0.6 is 24.2 Å². The maximum atomic E-state index is 12.0. The Balaban J connectivity index is 0.00000288. The van der Waals surface area contributed by atoms with E-state index in [1.54, 1.807) is 0 Å². The molecule has 1 aliphatic heterocycles. The highest BCUT2D eigenvalue weighted by molar-refractivity contribution is 8.00. The van der Waals surface area contributed by atoms with E-state index >= 15 is 0 Å². The number of nitrogens with one attached hydrogen (secondary N) is 1. The van der Waals surface area contributed by atoms with Crippen LogP contribution in [0.5, 0.6) is 0 Å². The second kappa shape index (κ2) is 11.2. The van der Waals surface area contributed by atoms with Gasteiger partial charge in [0.05, 0.1) is 11.5 Å². The lowest BCUT2D eigenvalue weighted by molar-refractivity contribution is -0.129. The predicted octanol–water partition coefficient (Wildman–Crippen LogP) is 2.09. The molecule has 24 heavy (non-hydrogen) atoms. The molecule has 0 aromatic heterocycles. The lowest BCUT2D eigenvalue weighted by atomic mass is 10.1. The van der Waals surface area contributed by atoms with Gasteiger partial charge in [-0.15, -0.1) is 24.2 Å². The average Bonchev–Trinajstić information content (AvgIpc) is 2.57. The molecule has 1 aromatic rings. The van der Waals surface area contributed by atoms with Crippen molar-refractivity contribution in [2.75, 3.05) is 36.9 Å². The topological polar surface area (TPSA) is 75.4 Å². The highest BCUT2D eigenvalue weighted by Crippen LogP contribution is 2.11. The molecule has 1 saturated heterocycles. The summed E-state index contributed by atoms with van der Waals surface area (Å²) in [5.74, 6) is 0.869. The van der Waals surface area contributed by atoms with Crippen molar-refractivity contribution in [2.24, 2.45) is 0 Å². The molecule has 5 nitrogen and oxygen atoms in total. The first kappa shape index (κ1) is 20.6. The van der Waals surface area contributed by atoms with Crippen LogP contribution in [0.1, 0.15) is 24.8 Å². The Morgan fingerprint density at radius 2 is 1.75 bits per heavy atom. The molecular formula is C17H26ClN3O2S. The third kappa shape index (κ3) is 7.45. The van der Waals surface area contributed by atoms with Crippen molar-refractivity contribution < 1.29 is 9.59 Å². The van der Waals surface area contributed by atoms with Crippen molar-refractivity contribution in [1.29, 1.82) is 0 Å². The van der Waals surface area contributed by atoms with Gasteiger partial charge in [-0.3, -0.25) is 9.59 Å². The number of likely N-dealkylation sites (tertiary alicyclic amines) is 1. The second-order valence-electron chi connectivity index (χ2n) is 5.78. The maximum Gasteiger partial charge on any atom is 0.232 e. The maximum absolute atomic E-state index is 12.0. The highest BCUT2D eigenvalue weighted by atomic mass is 35.5. The van der Waals surface area contributed by atoms with Crippen LogP contribution in [0.3, 0.4) is 0 Å². The minimum atomic E-state index is -0.0168. The molecule has 0 radical (unpaired) electrons. The van der Waals surface area contributed by atoms with E-state index in [0.29, 0.717) is 18.1 Å². The highest BCUT2D eigenvalue weighted by Gasteiger charge is 2.16. The van der Waals surface area contributed by atoms with Gasteiger partial charge in [-0.2, -0.15) is 0 Å². The second-order valence-corrected chi connectivity index (χ2v) is 6.76. The van der Waals surface area contributed by atoms with E-state index in [-0.39, 0.29) is 24.2 Å². The van der Waals surface area contributed by atoms with Crippen LogP contribution in [0.25, 0.3) is 0 Å². The number of hydrogen-bond acceptors (Lipinski definition) is 4. The monoisotopic (exact) mass is 371 g/mol. The van der Waals surface area contributed by atoms with Gasteiger partial charge in [0, 0.05) is 25.3 Å². The summed E-state index contributed by atoms with van der Waals surface area (Å²) in [5, 5.41) is 2.88. The summed E-state index contributed by atoms with van der Waals surface area (Å²) in [6.45, 7) is 2.34. The van der Waals surface area contributed by atoms with Gasteiger partial charge < -0.3 is 16.0 Å². The van der Waals surface area contributed by atoms with E-state index in [2.05, 4.69) is 5.32 Å². The number of carbonyl (C=O) groups is 2. The molecule has 1 aromatic carbocycles. The zero-order valence-corrected chi connectivity index (χ0v) is 15.5. The first-order valence-corrected chi connectivity index (χ1v) is 9.27. The number of thioether (sulfide) groups is 1. The Hall–Kier alpha value is -1.40. The minimum absolute atomic E-state index is 0. The molecule has 1 heterocycles. The molecule has 7 heteroatoms. The van der Waals surface area contributed by atoms with Gasteiger partial charge in [-0.1, -0.05) is 12.1 Å². The first-order valence-electron chi connectivity index (χ1n) is 8.12. The predicted molar refractivity (Wildman–Crippen MR) is 103 cm³/mol. The summed E-state index contributed by atoms with van der Waals surface area (Å²) in [7, 11) is 0. The first-order chi connectivity index (χ1) is 11.1. The Morgan fingerprint density at radius 3 is 2.42 bits per heavy atom. The van der Waals surface area contributed by atoms with E-state index in [4.69, 9.17) is 5.73 Å². The molecule has 0 bridgehead atoms. The largest absolute Gasteiger partial charge is 0.399 e. The number of amides is 2. The van der Waals surface area contributed by atoms with Crippen LogP contribution in [0.4, 0.5) is 5.69 Å². The summed E-state index contributed by atoms with van der Waals surface area (Å²) in [4.78, 5) is 25.6. The standard InChI is InChI=1S/C17H25N3O2S.ClH/c18-15-6-4-14(5-7-15)8-9-19-16(21)12-23-13-17(22)20-10-2-1-3-11-20;/h4-7H,1-3,8-13,18H2,(H,19,21);1H. The van der Waals surface area contributed by atoms with Gasteiger partial charge in [0.1, 0.15) is 0 Å². The van der Waals surface area contributed by atoms with Gasteiger partial charge >= 0.3 is 0 Å². The third-order valence-electron chi connectivity index (χ3n) is 3.88. The number of benzene rings is 1. The number of piperidine rings is 1. The normalized spacial score (nSPS) is 13.9. The zero-order chi connectivity index (χ0) is 16.5. The number of rotatable bonds is 7. The minimum Gasteiger partial charge on any atom is -0.399 e. The van der Waals surface area contributed by atoms with E-state index in [0.717, 1.165) is 43.6 Å². The molecule has 0 spiro atoms. The van der Waals surface area contributed by atoms with Crippen molar-refractivity contribution >= 4 is 41.7 Å². The Kier molecular flexibility index (Phi) is 9.64. The van der Waals surface area contributed by atoms with Crippen molar-refractivity contribution in [1.82, 2.24) is 10.2 Å². The molecule has 0 saturated carbocycles. The van der Waals surface area contributed by atoms with E-state index < -0.39 is 0 Å². The molecule has 1 fully saturated rings. The number of nitrogens with two attached hydrogens (primary N) is 1. The van der Waals surface area contributed by atoms with Crippen molar-refractivity contribution in [3.05, 3.63) is 29.8 Å². The van der Waals surface area contributed by atoms with Crippen LogP contribution in [0, 0.1) is 0 Å². The van der Waals surface area contributed by atoms with E-state index in [9.17, 15) is 9.59 Å². The lowest BCUT2D eigenvalue weighted by Gasteiger charge is -2.26. The summed E-state index contributed by atoms with van der Waals surface area (Å²) < 4.78 is 0. The van der Waals surface area contributed by atoms with Crippen LogP contribution in [-0.4, -0.2) is 47.9 Å². The number of anilines is 1. The molecule has 1 aliphatic rings. The summed E-state index contributed by atoms with van der Waals surface area (Å²) in [6.07, 6.45) is 4.20. The van der Waals surface area contributed by atoms with Crippen LogP contribution in [0.2, 0.25) is 0 Å². The molecule has 0 unspecified atom stereocenters. The number of hydrogen-bond donors (Lipinski definition) is 2. The quantitative estimate of drug-likeness (QED) is 0.720. The lowest BCUT2D eigenvalue weighted by Crippen LogP contribution is -2.37. The van der Waals surface area contributed by atoms with Crippen LogP contribution in [0.15, 0.2) is 24.3 Å². The number of carbonyl (C=O) groups excluding carboxylic acids is 2.